The van der Waals surface area contributed by atoms with Crippen molar-refractivity contribution in [3.8, 4) is 11.1 Å². The number of carboxylic acids is 1. The van der Waals surface area contributed by atoms with Crippen LogP contribution in [0.5, 0.6) is 0 Å². The second kappa shape index (κ2) is 23.4. The van der Waals surface area contributed by atoms with Crippen LogP contribution in [0.4, 0.5) is 8.78 Å². The zero-order chi connectivity index (χ0) is 45.4. The number of amides is 5. The summed E-state index contributed by atoms with van der Waals surface area (Å²) in [5.74, 6) is -5.98. The molecule has 0 unspecified atom stereocenters. The van der Waals surface area contributed by atoms with Gasteiger partial charge in [-0.25, -0.2) is 8.78 Å². The summed E-state index contributed by atoms with van der Waals surface area (Å²) in [6.45, 7) is 6.29. The number of nitrogens with one attached hydrogen (secondary N) is 2. The zero-order valence-corrected chi connectivity index (χ0v) is 35.2. The van der Waals surface area contributed by atoms with Crippen LogP contribution >= 0.6 is 0 Å². The molecule has 0 bridgehead atoms. The average Bonchev–Trinajstić information content (AvgIpc) is 3.61. The van der Waals surface area contributed by atoms with Crippen LogP contribution in [0.25, 0.3) is 11.1 Å². The predicted molar refractivity (Wildman–Crippen MR) is 224 cm³/mol. The Kier molecular flexibility index (Phi) is 19.1. The van der Waals surface area contributed by atoms with Crippen molar-refractivity contribution in [2.45, 2.75) is 96.9 Å². The number of nitrogens with two attached hydrogens (primary N) is 3. The monoisotopic (exact) mass is 854 g/mol. The van der Waals surface area contributed by atoms with Gasteiger partial charge in [0.25, 0.3) is 0 Å². The molecule has 18 heteroatoms. The molecule has 3 aromatic rings. The van der Waals surface area contributed by atoms with Gasteiger partial charge in [0.15, 0.2) is 0 Å². The minimum absolute atomic E-state index is 0.0283. The molecule has 0 spiro atoms. The first-order valence-corrected chi connectivity index (χ1v) is 20.2. The summed E-state index contributed by atoms with van der Waals surface area (Å²) >= 11 is 0. The molecule has 0 saturated carbocycles. The van der Waals surface area contributed by atoms with Gasteiger partial charge < -0.3 is 47.5 Å². The molecule has 1 aromatic heterocycles. The molecule has 334 valence electrons. The summed E-state index contributed by atoms with van der Waals surface area (Å²) < 4.78 is 31.3. The summed E-state index contributed by atoms with van der Waals surface area (Å²) in [5.41, 5.74) is 18.6. The quantitative estimate of drug-likeness (QED) is 0.0682. The molecule has 0 aliphatic heterocycles. The Hall–Kier alpha value is -5.56. The van der Waals surface area contributed by atoms with Gasteiger partial charge in [-0.2, -0.15) is 0 Å². The maximum atomic E-state index is 15.1. The third kappa shape index (κ3) is 14.5. The van der Waals surface area contributed by atoms with Crippen LogP contribution in [0, 0.1) is 17.0 Å². The number of benzene rings is 2. The molecule has 0 aliphatic carbocycles. The van der Waals surface area contributed by atoms with E-state index in [4.69, 9.17) is 22.3 Å². The molecule has 4 atom stereocenters. The van der Waals surface area contributed by atoms with Crippen molar-refractivity contribution in [1.82, 2.24) is 25.0 Å². The van der Waals surface area contributed by atoms with Gasteiger partial charge in [-0.3, -0.25) is 33.7 Å². The Morgan fingerprint density at radius 1 is 0.852 bits per heavy atom. The Labute approximate surface area is 354 Å². The van der Waals surface area contributed by atoms with E-state index in [0.717, 1.165) is 35.6 Å². The molecular weight excluding hydrogens is 795 g/mol. The van der Waals surface area contributed by atoms with Crippen LogP contribution in [-0.4, -0.2) is 111 Å². The lowest BCUT2D eigenvalue weighted by Crippen LogP contribution is -2.53. The van der Waals surface area contributed by atoms with Crippen LogP contribution in [0.1, 0.15) is 83.5 Å². The number of aliphatic hydroxyl groups excluding tert-OH is 1. The number of halogens is 2. The number of rotatable bonds is 23. The van der Waals surface area contributed by atoms with Crippen LogP contribution in [0.15, 0.2) is 60.8 Å². The van der Waals surface area contributed by atoms with Crippen LogP contribution in [0.3, 0.4) is 0 Å². The molecule has 2 aromatic carbocycles. The molecular formula is C43H60F2N8O8. The summed E-state index contributed by atoms with van der Waals surface area (Å²) in [4.78, 5) is 79.0. The fourth-order valence-corrected chi connectivity index (χ4v) is 7.08. The van der Waals surface area contributed by atoms with E-state index >= 15 is 4.39 Å². The van der Waals surface area contributed by atoms with Gasteiger partial charge in [0.1, 0.15) is 30.3 Å². The van der Waals surface area contributed by atoms with Crippen molar-refractivity contribution in [3.05, 3.63) is 83.7 Å². The Morgan fingerprint density at radius 2 is 1.51 bits per heavy atom. The van der Waals surface area contributed by atoms with Gasteiger partial charge in [-0.15, -0.1) is 0 Å². The number of carboxylic acid groups (broad SMARTS) is 1. The van der Waals surface area contributed by atoms with E-state index in [1.54, 1.807) is 12.3 Å². The van der Waals surface area contributed by atoms with E-state index in [9.17, 15) is 38.3 Å². The number of imide groups is 1. The van der Waals surface area contributed by atoms with Gasteiger partial charge in [-0.05, 0) is 73.9 Å². The van der Waals surface area contributed by atoms with Crippen LogP contribution in [0.2, 0.25) is 0 Å². The van der Waals surface area contributed by atoms with Crippen LogP contribution < -0.4 is 27.8 Å². The van der Waals surface area contributed by atoms with E-state index in [0.29, 0.717) is 37.2 Å². The maximum absolute atomic E-state index is 15.1. The Bertz CT molecular complexity index is 1970. The standard InChI is InChI=1S/C43H60F2N8O8/c1-27(55)53(37(56)16-15-34(48)42(60)61)35(12-8-9-18-46)41(59)50-20-19-49-40(58)33(47)17-21-52(38(57)26-54)39(43(2,3)4)36-22-29(31-23-30(44)13-14-32(31)45)25-51(36)24-28-10-6-5-7-11-28/h5-7,10-11,13-14,22-23,25,33-35,39,54H,8-9,12,15-21,24,26,46-48H2,1-4H3,(H,49,58)(H,50,59)(H,60,61)/t33-,34-,35-,39-/m0/s1. The fraction of sp³-hybridized carbons (Fsp3) is 0.488. The van der Waals surface area contributed by atoms with E-state index in [1.165, 1.54) is 4.90 Å². The van der Waals surface area contributed by atoms with Crippen molar-refractivity contribution in [3.63, 3.8) is 0 Å². The molecule has 5 amide bonds. The van der Waals surface area contributed by atoms with Crippen molar-refractivity contribution >= 4 is 35.5 Å². The van der Waals surface area contributed by atoms with Gasteiger partial charge in [0, 0.05) is 62.5 Å². The van der Waals surface area contributed by atoms with Crippen molar-refractivity contribution < 1.29 is 47.8 Å². The summed E-state index contributed by atoms with van der Waals surface area (Å²) in [6, 6.07) is 9.82. The van der Waals surface area contributed by atoms with Gasteiger partial charge >= 0.3 is 5.97 Å². The van der Waals surface area contributed by atoms with E-state index in [2.05, 4.69) is 10.6 Å². The summed E-state index contributed by atoms with van der Waals surface area (Å²) in [7, 11) is 0. The minimum atomic E-state index is -1.33. The molecule has 10 N–H and O–H groups in total. The Balaban J connectivity index is 1.77. The average molecular weight is 855 g/mol. The Morgan fingerprint density at radius 3 is 2.10 bits per heavy atom. The van der Waals surface area contributed by atoms with Gasteiger partial charge in [0.05, 0.1) is 12.1 Å². The normalized spacial score (nSPS) is 13.4. The second-order valence-electron chi connectivity index (χ2n) is 15.9. The summed E-state index contributed by atoms with van der Waals surface area (Å²) in [6.07, 6.45) is 2.02. The number of hydrogen-bond acceptors (Lipinski definition) is 10. The fourth-order valence-electron chi connectivity index (χ4n) is 7.08. The van der Waals surface area contributed by atoms with E-state index in [1.807, 2.05) is 55.7 Å². The summed E-state index contributed by atoms with van der Waals surface area (Å²) in [5, 5.41) is 24.5. The number of hydrogen-bond donors (Lipinski definition) is 7. The third-order valence-corrected chi connectivity index (χ3v) is 10.1. The third-order valence-electron chi connectivity index (χ3n) is 10.1. The lowest BCUT2D eigenvalue weighted by atomic mass is 9.82. The molecule has 16 nitrogen and oxygen atoms in total. The van der Waals surface area contributed by atoms with Gasteiger partial charge in [-0.1, -0.05) is 51.1 Å². The lowest BCUT2D eigenvalue weighted by molar-refractivity contribution is -0.151. The molecule has 61 heavy (non-hydrogen) atoms. The van der Waals surface area contributed by atoms with Crippen LogP contribution in [-0.2, 0) is 35.3 Å². The van der Waals surface area contributed by atoms with Gasteiger partial charge in [0.2, 0.25) is 29.5 Å². The highest BCUT2D eigenvalue weighted by Crippen LogP contribution is 2.41. The van der Waals surface area contributed by atoms with Crippen molar-refractivity contribution in [2.24, 2.45) is 22.6 Å². The molecule has 0 saturated heterocycles. The number of aliphatic carboxylic acids is 1. The largest absolute Gasteiger partial charge is 0.480 e. The SMILES string of the molecule is CC(=O)N(C(=O)CC[C@H](N)C(=O)O)[C@@H](CCCCN)C(=O)NCCNC(=O)[C@@H](N)CCN(C(=O)CO)[C@@H](c1cc(-c2cc(F)ccc2F)cn1Cc1ccccc1)C(C)(C)C. The van der Waals surface area contributed by atoms with Crippen molar-refractivity contribution in [2.75, 3.05) is 32.8 Å². The minimum Gasteiger partial charge on any atom is -0.480 e. The highest BCUT2D eigenvalue weighted by atomic mass is 19.1. The smallest absolute Gasteiger partial charge is 0.320 e. The maximum Gasteiger partial charge on any atom is 0.320 e. The molecule has 1 heterocycles. The second-order valence-corrected chi connectivity index (χ2v) is 15.9. The first-order chi connectivity index (χ1) is 28.8. The number of aliphatic hydroxyl groups is 1. The first-order valence-electron chi connectivity index (χ1n) is 20.2. The number of carbonyl (C=O) groups excluding carboxylic acids is 5. The van der Waals surface area contributed by atoms with E-state index in [-0.39, 0.29) is 50.9 Å². The van der Waals surface area contributed by atoms with E-state index < -0.39 is 83.3 Å². The zero-order valence-electron chi connectivity index (χ0n) is 35.2. The van der Waals surface area contributed by atoms with Crippen molar-refractivity contribution in [1.29, 1.82) is 0 Å². The molecule has 0 fully saturated rings. The lowest BCUT2D eigenvalue weighted by Gasteiger charge is -2.41. The number of nitrogens with zero attached hydrogens (tertiary/aromatic N) is 3. The number of unbranched alkanes of at least 4 members (excludes halogenated alkanes) is 1. The molecule has 0 radical (unpaired) electrons. The molecule has 0 aliphatic rings. The highest BCUT2D eigenvalue weighted by Gasteiger charge is 2.38. The number of aromatic nitrogens is 1. The predicted octanol–water partition coefficient (Wildman–Crippen LogP) is 2.40. The highest BCUT2D eigenvalue weighted by molar-refractivity contribution is 5.99. The molecule has 3 rings (SSSR count). The topological polar surface area (TPSA) is 256 Å². The first kappa shape index (κ1) is 49.8. The number of carbonyl (C=O) groups is 6.